The molecule has 4 nitrogen and oxygen atoms in total. The van der Waals surface area contributed by atoms with Gasteiger partial charge in [-0.2, -0.15) is 0 Å². The minimum Gasteiger partial charge on any atom is -0.278 e. The Morgan fingerprint density at radius 1 is 0.821 bits per heavy atom. The molecule has 0 radical (unpaired) electrons. The highest BCUT2D eigenvalue weighted by Gasteiger charge is 2.49. The fourth-order valence-electron chi connectivity index (χ4n) is 4.75. The average Bonchev–Trinajstić information content (AvgIpc) is 3.16. The zero-order chi connectivity index (χ0) is 20.0. The topological polar surface area (TPSA) is 13.0 Å². The summed E-state index contributed by atoms with van der Waals surface area (Å²) in [6, 6.07) is 21.7. The maximum absolute atomic E-state index is 2.64. The molecule has 0 saturated carbocycles. The van der Waals surface area contributed by atoms with Gasteiger partial charge in [-0.3, -0.25) is 9.80 Å². The zero-order valence-corrected chi connectivity index (χ0v) is 18.0. The molecule has 2 aromatic carbocycles. The van der Waals surface area contributed by atoms with Gasteiger partial charge < -0.3 is 0 Å². The second-order valence-electron chi connectivity index (χ2n) is 7.86. The Labute approximate surface area is 171 Å². The fraction of sp³-hybridized carbons (Fsp3) is 0.500. The molecule has 0 N–H and O–H groups in total. The third-order valence-electron chi connectivity index (χ3n) is 6.04. The minimum atomic E-state index is -0.0624. The highest BCUT2D eigenvalue weighted by atomic mass is 15.8. The molecule has 1 fully saturated rings. The van der Waals surface area contributed by atoms with Gasteiger partial charge >= 0.3 is 0 Å². The molecule has 0 bridgehead atoms. The van der Waals surface area contributed by atoms with Crippen molar-refractivity contribution in [3.8, 4) is 0 Å². The molecule has 0 aliphatic carbocycles. The summed E-state index contributed by atoms with van der Waals surface area (Å²) in [5.74, 6) is -0.0624. The van der Waals surface area contributed by atoms with E-state index in [4.69, 9.17) is 0 Å². The van der Waals surface area contributed by atoms with Crippen LogP contribution in [-0.2, 0) is 13.1 Å². The molecule has 0 spiro atoms. The molecule has 1 heterocycles. The molecule has 0 amide bonds. The minimum absolute atomic E-state index is 0.0624. The van der Waals surface area contributed by atoms with E-state index in [1.165, 1.54) is 24.0 Å². The van der Waals surface area contributed by atoms with Crippen molar-refractivity contribution in [1.82, 2.24) is 19.8 Å². The monoisotopic (exact) mass is 380 g/mol. The molecular weight excluding hydrogens is 344 g/mol. The SMILES string of the molecule is CCN(CC)C1(N(C)C)CCCN1N(Cc1ccccc1)Cc1ccccc1. The van der Waals surface area contributed by atoms with Crippen molar-refractivity contribution in [2.75, 3.05) is 33.7 Å². The second-order valence-corrected chi connectivity index (χ2v) is 7.86. The van der Waals surface area contributed by atoms with Gasteiger partial charge in [-0.1, -0.05) is 74.5 Å². The van der Waals surface area contributed by atoms with Gasteiger partial charge in [0.25, 0.3) is 0 Å². The first-order valence-electron chi connectivity index (χ1n) is 10.6. The number of hydrazine groups is 1. The predicted molar refractivity (Wildman–Crippen MR) is 117 cm³/mol. The van der Waals surface area contributed by atoms with Gasteiger partial charge in [0.1, 0.15) is 5.79 Å². The van der Waals surface area contributed by atoms with Crippen molar-refractivity contribution in [3.63, 3.8) is 0 Å². The standard InChI is InChI=1S/C24H36N4/c1-5-26(6-2)24(25(3)4)18-13-19-28(24)27(20-22-14-9-7-10-15-22)21-23-16-11-8-12-17-23/h7-12,14-17H,5-6,13,18-21H2,1-4H3. The van der Waals surface area contributed by atoms with Crippen LogP contribution >= 0.6 is 0 Å². The first-order chi connectivity index (χ1) is 13.6. The van der Waals surface area contributed by atoms with E-state index in [0.717, 1.165) is 32.7 Å². The smallest absolute Gasteiger partial charge is 0.143 e. The van der Waals surface area contributed by atoms with Gasteiger partial charge in [-0.15, -0.1) is 0 Å². The quantitative estimate of drug-likeness (QED) is 0.603. The summed E-state index contributed by atoms with van der Waals surface area (Å²) in [5.41, 5.74) is 2.72. The molecule has 1 unspecified atom stereocenters. The lowest BCUT2D eigenvalue weighted by atomic mass is 10.1. The molecular formula is C24H36N4. The van der Waals surface area contributed by atoms with E-state index in [1.807, 2.05) is 0 Å². The molecule has 28 heavy (non-hydrogen) atoms. The van der Waals surface area contributed by atoms with Crippen LogP contribution in [0, 0.1) is 0 Å². The molecule has 3 rings (SSSR count). The van der Waals surface area contributed by atoms with Crippen LogP contribution in [0.2, 0.25) is 0 Å². The van der Waals surface area contributed by atoms with E-state index >= 15 is 0 Å². The molecule has 152 valence electrons. The number of hydrogen-bond acceptors (Lipinski definition) is 4. The van der Waals surface area contributed by atoms with Crippen LogP contribution < -0.4 is 0 Å². The molecule has 2 aromatic rings. The van der Waals surface area contributed by atoms with Crippen LogP contribution in [-0.4, -0.2) is 59.3 Å². The van der Waals surface area contributed by atoms with Crippen molar-refractivity contribution >= 4 is 0 Å². The van der Waals surface area contributed by atoms with Crippen molar-refractivity contribution in [2.45, 2.75) is 45.6 Å². The number of nitrogens with zero attached hydrogens (tertiary/aromatic N) is 4. The normalized spacial score (nSPS) is 20.5. The van der Waals surface area contributed by atoms with Gasteiger partial charge in [0, 0.05) is 19.6 Å². The van der Waals surface area contributed by atoms with Crippen LogP contribution in [0.5, 0.6) is 0 Å². The maximum Gasteiger partial charge on any atom is 0.143 e. The summed E-state index contributed by atoms with van der Waals surface area (Å²) in [6.45, 7) is 9.60. The first-order valence-corrected chi connectivity index (χ1v) is 10.6. The summed E-state index contributed by atoms with van der Waals surface area (Å²) < 4.78 is 0. The van der Waals surface area contributed by atoms with Crippen molar-refractivity contribution in [1.29, 1.82) is 0 Å². The van der Waals surface area contributed by atoms with Crippen molar-refractivity contribution in [2.24, 2.45) is 0 Å². The van der Waals surface area contributed by atoms with E-state index in [0.29, 0.717) is 0 Å². The molecule has 1 saturated heterocycles. The van der Waals surface area contributed by atoms with Gasteiger partial charge in [0.15, 0.2) is 0 Å². The molecule has 1 atom stereocenters. The van der Waals surface area contributed by atoms with E-state index < -0.39 is 0 Å². The Kier molecular flexibility index (Phi) is 7.24. The van der Waals surface area contributed by atoms with Gasteiger partial charge in [0.05, 0.1) is 0 Å². The zero-order valence-electron chi connectivity index (χ0n) is 18.0. The maximum atomic E-state index is 2.64. The first kappa shape index (κ1) is 21.0. The van der Waals surface area contributed by atoms with Crippen LogP contribution in [0.25, 0.3) is 0 Å². The lowest BCUT2D eigenvalue weighted by Gasteiger charge is -2.53. The average molecular weight is 381 g/mol. The van der Waals surface area contributed by atoms with Gasteiger partial charge in [-0.25, -0.2) is 10.0 Å². The Bertz CT molecular complexity index is 658. The third-order valence-corrected chi connectivity index (χ3v) is 6.04. The number of rotatable bonds is 9. The van der Waals surface area contributed by atoms with E-state index in [2.05, 4.69) is 108 Å². The Balaban J connectivity index is 1.96. The van der Waals surface area contributed by atoms with E-state index in [1.54, 1.807) is 0 Å². The highest BCUT2D eigenvalue weighted by molar-refractivity contribution is 5.17. The molecule has 1 aliphatic heterocycles. The fourth-order valence-corrected chi connectivity index (χ4v) is 4.75. The van der Waals surface area contributed by atoms with Crippen molar-refractivity contribution in [3.05, 3.63) is 71.8 Å². The molecule has 4 heteroatoms. The lowest BCUT2D eigenvalue weighted by molar-refractivity contribution is -0.221. The van der Waals surface area contributed by atoms with Crippen LogP contribution in [0.3, 0.4) is 0 Å². The molecule has 0 aromatic heterocycles. The Hall–Kier alpha value is -1.72. The number of hydrogen-bond donors (Lipinski definition) is 0. The van der Waals surface area contributed by atoms with Gasteiger partial charge in [-0.05, 0) is 51.2 Å². The summed E-state index contributed by atoms with van der Waals surface area (Å²) >= 11 is 0. The summed E-state index contributed by atoms with van der Waals surface area (Å²) in [7, 11) is 4.47. The second kappa shape index (κ2) is 9.66. The summed E-state index contributed by atoms with van der Waals surface area (Å²) in [6.07, 6.45) is 2.39. The van der Waals surface area contributed by atoms with Crippen LogP contribution in [0.4, 0.5) is 0 Å². The lowest BCUT2D eigenvalue weighted by Crippen LogP contribution is -2.68. The van der Waals surface area contributed by atoms with Crippen LogP contribution in [0.15, 0.2) is 60.7 Å². The summed E-state index contributed by atoms with van der Waals surface area (Å²) in [5, 5.41) is 5.20. The largest absolute Gasteiger partial charge is 0.278 e. The van der Waals surface area contributed by atoms with Gasteiger partial charge in [0.2, 0.25) is 0 Å². The summed E-state index contributed by atoms with van der Waals surface area (Å²) in [4.78, 5) is 5.04. The third kappa shape index (κ3) is 4.31. The Morgan fingerprint density at radius 2 is 1.32 bits per heavy atom. The highest BCUT2D eigenvalue weighted by Crippen LogP contribution is 2.37. The van der Waals surface area contributed by atoms with Crippen molar-refractivity contribution < 1.29 is 0 Å². The van der Waals surface area contributed by atoms with E-state index in [-0.39, 0.29) is 5.79 Å². The molecule has 1 aliphatic rings. The Morgan fingerprint density at radius 3 is 1.75 bits per heavy atom. The number of benzene rings is 2. The predicted octanol–water partition coefficient (Wildman–Crippen LogP) is 4.26. The van der Waals surface area contributed by atoms with E-state index in [9.17, 15) is 0 Å². The van der Waals surface area contributed by atoms with Crippen LogP contribution in [0.1, 0.15) is 37.8 Å².